The molecule has 0 spiro atoms. The standard InChI is InChI=1S/C18H26N2O6/c1-3-14(25-11-21-7-15-9-23-15)4-2-13(1)17-5-6-18(20-19-17)26-12-22-8-16-10-24-16/h5-6,13-16H,1-4,7-12H2. The van der Waals surface area contributed by atoms with Crippen molar-refractivity contribution in [2.75, 3.05) is 40.0 Å². The third kappa shape index (κ3) is 5.85. The van der Waals surface area contributed by atoms with Gasteiger partial charge in [-0.15, -0.1) is 5.10 Å². The molecule has 1 aromatic heterocycles. The average molecular weight is 366 g/mol. The minimum absolute atomic E-state index is 0.172. The Kier molecular flexibility index (Phi) is 6.29. The topological polar surface area (TPSA) is 87.8 Å². The molecule has 4 rings (SSSR count). The van der Waals surface area contributed by atoms with Gasteiger partial charge in [0, 0.05) is 12.0 Å². The normalized spacial score (nSPS) is 30.2. The highest BCUT2D eigenvalue weighted by atomic mass is 16.7. The fourth-order valence-corrected chi connectivity index (χ4v) is 3.08. The van der Waals surface area contributed by atoms with Crippen molar-refractivity contribution in [3.8, 4) is 5.88 Å². The van der Waals surface area contributed by atoms with Gasteiger partial charge in [-0.1, -0.05) is 0 Å². The van der Waals surface area contributed by atoms with Gasteiger partial charge < -0.3 is 28.4 Å². The number of aromatic nitrogens is 2. The van der Waals surface area contributed by atoms with Gasteiger partial charge in [-0.2, -0.15) is 5.10 Å². The van der Waals surface area contributed by atoms with Crippen LogP contribution in [0.4, 0.5) is 0 Å². The Balaban J connectivity index is 1.11. The lowest BCUT2D eigenvalue weighted by atomic mass is 9.85. The first-order chi connectivity index (χ1) is 12.9. The van der Waals surface area contributed by atoms with Crippen LogP contribution in [0.2, 0.25) is 0 Å². The summed E-state index contributed by atoms with van der Waals surface area (Å²) < 4.78 is 32.1. The molecule has 1 saturated carbocycles. The molecule has 2 unspecified atom stereocenters. The summed E-state index contributed by atoms with van der Waals surface area (Å²) in [6, 6.07) is 3.85. The Morgan fingerprint density at radius 2 is 1.58 bits per heavy atom. The summed E-state index contributed by atoms with van der Waals surface area (Å²) in [7, 11) is 0. The second-order valence-corrected chi connectivity index (χ2v) is 6.97. The highest BCUT2D eigenvalue weighted by Gasteiger charge is 2.25. The van der Waals surface area contributed by atoms with Crippen molar-refractivity contribution in [1.82, 2.24) is 10.2 Å². The molecule has 3 aliphatic rings. The van der Waals surface area contributed by atoms with Crippen molar-refractivity contribution < 1.29 is 28.4 Å². The molecule has 26 heavy (non-hydrogen) atoms. The van der Waals surface area contributed by atoms with Crippen LogP contribution in [0.15, 0.2) is 12.1 Å². The van der Waals surface area contributed by atoms with Crippen molar-refractivity contribution in [2.24, 2.45) is 0 Å². The van der Waals surface area contributed by atoms with E-state index < -0.39 is 0 Å². The van der Waals surface area contributed by atoms with Crippen LogP contribution < -0.4 is 4.74 Å². The average Bonchev–Trinajstić information content (AvgIpc) is 3.59. The van der Waals surface area contributed by atoms with Crippen molar-refractivity contribution in [3.05, 3.63) is 17.8 Å². The van der Waals surface area contributed by atoms with E-state index in [1.165, 1.54) is 0 Å². The smallest absolute Gasteiger partial charge is 0.235 e. The van der Waals surface area contributed by atoms with Crippen molar-refractivity contribution in [1.29, 1.82) is 0 Å². The summed E-state index contributed by atoms with van der Waals surface area (Å²) in [6.45, 7) is 3.33. The van der Waals surface area contributed by atoms with Crippen LogP contribution in [0.3, 0.4) is 0 Å². The lowest BCUT2D eigenvalue weighted by Crippen LogP contribution is -2.23. The third-order valence-electron chi connectivity index (χ3n) is 4.84. The van der Waals surface area contributed by atoms with Crippen LogP contribution in [-0.2, 0) is 23.7 Å². The zero-order valence-corrected chi connectivity index (χ0v) is 14.9. The van der Waals surface area contributed by atoms with E-state index in [0.29, 0.717) is 37.9 Å². The number of nitrogens with zero attached hydrogens (tertiary/aromatic N) is 2. The van der Waals surface area contributed by atoms with Crippen molar-refractivity contribution >= 4 is 0 Å². The SMILES string of the molecule is c1cc(C2CCC(OCOCC3CO3)CC2)nnc1OCOCC1CO1. The molecule has 3 fully saturated rings. The summed E-state index contributed by atoms with van der Waals surface area (Å²) in [5, 5.41) is 8.46. The Morgan fingerprint density at radius 3 is 2.19 bits per heavy atom. The summed E-state index contributed by atoms with van der Waals surface area (Å²) in [6.07, 6.45) is 4.94. The molecule has 8 heteroatoms. The summed E-state index contributed by atoms with van der Waals surface area (Å²) >= 11 is 0. The van der Waals surface area contributed by atoms with Crippen LogP contribution in [-0.4, -0.2) is 68.5 Å². The first-order valence-electron chi connectivity index (χ1n) is 9.33. The van der Waals surface area contributed by atoms with Gasteiger partial charge in [0.2, 0.25) is 5.88 Å². The predicted octanol–water partition coefficient (Wildman–Crippen LogP) is 1.64. The minimum atomic E-state index is 0.172. The zero-order chi connectivity index (χ0) is 17.6. The molecule has 1 aliphatic carbocycles. The predicted molar refractivity (Wildman–Crippen MR) is 89.9 cm³/mol. The number of hydrogen-bond acceptors (Lipinski definition) is 8. The minimum Gasteiger partial charge on any atom is -0.449 e. The molecule has 144 valence electrons. The maximum atomic E-state index is 5.78. The zero-order valence-electron chi connectivity index (χ0n) is 14.9. The van der Waals surface area contributed by atoms with E-state index in [9.17, 15) is 0 Å². The van der Waals surface area contributed by atoms with E-state index in [0.717, 1.165) is 44.6 Å². The number of rotatable bonds is 11. The van der Waals surface area contributed by atoms with Crippen LogP contribution >= 0.6 is 0 Å². The monoisotopic (exact) mass is 366 g/mol. The van der Waals surface area contributed by atoms with Crippen molar-refractivity contribution in [3.63, 3.8) is 0 Å². The van der Waals surface area contributed by atoms with Gasteiger partial charge in [-0.05, 0) is 31.7 Å². The quantitative estimate of drug-likeness (QED) is 0.332. The summed E-state index contributed by atoms with van der Waals surface area (Å²) in [5.74, 6) is 0.916. The number of epoxide rings is 2. The van der Waals surface area contributed by atoms with Gasteiger partial charge >= 0.3 is 0 Å². The molecular formula is C18H26N2O6. The first-order valence-corrected chi connectivity index (χ1v) is 9.33. The van der Waals surface area contributed by atoms with Crippen LogP contribution in [0, 0.1) is 0 Å². The second-order valence-electron chi connectivity index (χ2n) is 6.97. The molecule has 3 heterocycles. The van der Waals surface area contributed by atoms with Crippen LogP contribution in [0.1, 0.15) is 37.3 Å². The van der Waals surface area contributed by atoms with E-state index in [-0.39, 0.29) is 19.0 Å². The molecule has 2 saturated heterocycles. The summed E-state index contributed by atoms with van der Waals surface area (Å²) in [5.41, 5.74) is 1.02. The Bertz CT molecular complexity index is 541. The molecule has 0 N–H and O–H groups in total. The number of hydrogen-bond donors (Lipinski definition) is 0. The molecule has 1 aromatic rings. The summed E-state index contributed by atoms with van der Waals surface area (Å²) in [4.78, 5) is 0. The van der Waals surface area contributed by atoms with E-state index >= 15 is 0 Å². The van der Waals surface area contributed by atoms with Gasteiger partial charge in [0.1, 0.15) is 19.0 Å². The molecule has 2 atom stereocenters. The van der Waals surface area contributed by atoms with E-state index in [1.54, 1.807) is 0 Å². The highest BCUT2D eigenvalue weighted by molar-refractivity contribution is 5.15. The molecular weight excluding hydrogens is 340 g/mol. The van der Waals surface area contributed by atoms with E-state index in [4.69, 9.17) is 28.4 Å². The highest BCUT2D eigenvalue weighted by Crippen LogP contribution is 2.33. The van der Waals surface area contributed by atoms with Gasteiger partial charge in [0.15, 0.2) is 6.79 Å². The van der Waals surface area contributed by atoms with E-state index in [1.807, 2.05) is 12.1 Å². The van der Waals surface area contributed by atoms with Crippen LogP contribution in [0.5, 0.6) is 5.88 Å². The number of ether oxygens (including phenoxy) is 6. The molecule has 8 nitrogen and oxygen atoms in total. The second kappa shape index (κ2) is 9.05. The Morgan fingerprint density at radius 1 is 0.885 bits per heavy atom. The molecule has 0 radical (unpaired) electrons. The maximum Gasteiger partial charge on any atom is 0.235 e. The first kappa shape index (κ1) is 18.1. The van der Waals surface area contributed by atoms with Gasteiger partial charge in [0.25, 0.3) is 0 Å². The Labute approximate surface area is 153 Å². The molecule has 0 aromatic carbocycles. The Hall–Kier alpha value is -1.32. The lowest BCUT2D eigenvalue weighted by molar-refractivity contribution is -0.102. The van der Waals surface area contributed by atoms with Crippen LogP contribution in [0.25, 0.3) is 0 Å². The van der Waals surface area contributed by atoms with Gasteiger partial charge in [-0.25, -0.2) is 0 Å². The lowest BCUT2D eigenvalue weighted by Gasteiger charge is -2.27. The molecule has 0 amide bonds. The largest absolute Gasteiger partial charge is 0.449 e. The fourth-order valence-electron chi connectivity index (χ4n) is 3.08. The maximum absolute atomic E-state index is 5.78. The van der Waals surface area contributed by atoms with Gasteiger partial charge in [-0.3, -0.25) is 0 Å². The van der Waals surface area contributed by atoms with Crippen molar-refractivity contribution in [2.45, 2.75) is 49.9 Å². The third-order valence-corrected chi connectivity index (χ3v) is 4.84. The fraction of sp³-hybridized carbons (Fsp3) is 0.778. The molecule has 2 aliphatic heterocycles. The molecule has 0 bridgehead atoms. The van der Waals surface area contributed by atoms with E-state index in [2.05, 4.69) is 10.2 Å². The van der Waals surface area contributed by atoms with Gasteiger partial charge in [0.05, 0.1) is 38.2 Å².